The summed E-state index contributed by atoms with van der Waals surface area (Å²) in [6, 6.07) is 0.377. The predicted molar refractivity (Wildman–Crippen MR) is 86.3 cm³/mol. The molecule has 1 unspecified atom stereocenters. The molecule has 7 nitrogen and oxygen atoms in total. The van der Waals surface area contributed by atoms with Crippen molar-refractivity contribution in [1.29, 1.82) is 0 Å². The van der Waals surface area contributed by atoms with Crippen molar-refractivity contribution in [2.45, 2.75) is 24.8 Å². The third-order valence-corrected chi connectivity index (χ3v) is 6.79. The second-order valence-corrected chi connectivity index (χ2v) is 8.25. The number of rotatable bonds is 4. The van der Waals surface area contributed by atoms with E-state index in [1.165, 1.54) is 18.4 Å². The van der Waals surface area contributed by atoms with Crippen molar-refractivity contribution in [3.8, 4) is 0 Å². The van der Waals surface area contributed by atoms with Gasteiger partial charge in [0.25, 0.3) is 0 Å². The fourth-order valence-corrected chi connectivity index (χ4v) is 4.82. The molecule has 0 aliphatic carbocycles. The summed E-state index contributed by atoms with van der Waals surface area (Å²) in [7, 11) is -0.564. The number of aromatic nitrogens is 1. The van der Waals surface area contributed by atoms with Gasteiger partial charge in [-0.1, -0.05) is 6.92 Å². The zero-order chi connectivity index (χ0) is 15.8. The fourth-order valence-electron chi connectivity index (χ4n) is 2.56. The molecule has 0 bridgehead atoms. The van der Waals surface area contributed by atoms with Crippen molar-refractivity contribution in [2.75, 3.05) is 50.9 Å². The third kappa shape index (κ3) is 3.01. The molecule has 0 aromatic carbocycles. The number of hydrogen-bond donors (Lipinski definition) is 1. The summed E-state index contributed by atoms with van der Waals surface area (Å²) < 4.78 is 30.2. The van der Waals surface area contributed by atoms with Gasteiger partial charge < -0.3 is 10.6 Å². The van der Waals surface area contributed by atoms with Crippen molar-refractivity contribution in [2.24, 2.45) is 0 Å². The Labute approximate surface area is 130 Å². The van der Waals surface area contributed by atoms with Crippen molar-refractivity contribution >= 4 is 32.4 Å². The monoisotopic (exact) mass is 333 g/mol. The van der Waals surface area contributed by atoms with E-state index < -0.39 is 10.0 Å². The molecule has 1 fully saturated rings. The highest BCUT2D eigenvalue weighted by molar-refractivity contribution is 7.89. The molecule has 0 saturated carbocycles. The molecule has 2 N–H and O–H groups in total. The van der Waals surface area contributed by atoms with E-state index >= 15 is 0 Å². The van der Waals surface area contributed by atoms with Crippen LogP contribution in [0.4, 0.5) is 10.8 Å². The Hall–Kier alpha value is -0.900. The Morgan fingerprint density at radius 3 is 2.62 bits per heavy atom. The first-order valence-electron chi connectivity index (χ1n) is 6.95. The zero-order valence-corrected chi connectivity index (χ0v) is 14.5. The Morgan fingerprint density at radius 1 is 1.43 bits per heavy atom. The largest absolute Gasteiger partial charge is 0.382 e. The Bertz CT molecular complexity index is 599. The van der Waals surface area contributed by atoms with Crippen LogP contribution in [0.1, 0.15) is 13.8 Å². The Morgan fingerprint density at radius 2 is 2.10 bits per heavy atom. The Kier molecular flexibility index (Phi) is 4.76. The summed E-state index contributed by atoms with van der Waals surface area (Å²) in [6.45, 7) is 7.78. The number of nitrogens with two attached hydrogens (primary N) is 1. The van der Waals surface area contributed by atoms with Crippen LogP contribution < -0.4 is 10.6 Å². The first-order chi connectivity index (χ1) is 9.78. The lowest BCUT2D eigenvalue weighted by molar-refractivity contribution is 0.199. The highest BCUT2D eigenvalue weighted by Crippen LogP contribution is 2.36. The summed E-state index contributed by atoms with van der Waals surface area (Å²) in [5, 5.41) is 0.656. The summed E-state index contributed by atoms with van der Waals surface area (Å²) in [6.07, 6.45) is 0. The SMILES string of the molecule is CCN1CCN(c2snc(N)c2S(=O)(=O)N(C)C)CC1C. The van der Waals surface area contributed by atoms with Crippen LogP contribution in [0.2, 0.25) is 0 Å². The lowest BCUT2D eigenvalue weighted by Crippen LogP contribution is -2.51. The first kappa shape index (κ1) is 16.5. The average molecular weight is 333 g/mol. The van der Waals surface area contributed by atoms with Gasteiger partial charge in [0.15, 0.2) is 10.7 Å². The van der Waals surface area contributed by atoms with Gasteiger partial charge in [-0.3, -0.25) is 4.90 Å². The molecule has 1 saturated heterocycles. The zero-order valence-electron chi connectivity index (χ0n) is 12.9. The molecule has 0 spiro atoms. The van der Waals surface area contributed by atoms with Crippen LogP contribution in [0.25, 0.3) is 0 Å². The normalized spacial score (nSPS) is 21.2. The second kappa shape index (κ2) is 6.07. The van der Waals surface area contributed by atoms with Crippen molar-refractivity contribution < 1.29 is 8.42 Å². The highest BCUT2D eigenvalue weighted by Gasteiger charge is 2.32. The molecule has 1 aliphatic rings. The van der Waals surface area contributed by atoms with E-state index in [9.17, 15) is 8.42 Å². The van der Waals surface area contributed by atoms with E-state index in [0.717, 1.165) is 37.7 Å². The lowest BCUT2D eigenvalue weighted by atomic mass is 10.2. The van der Waals surface area contributed by atoms with Gasteiger partial charge in [-0.2, -0.15) is 4.37 Å². The second-order valence-electron chi connectivity index (χ2n) is 5.41. The maximum atomic E-state index is 12.5. The van der Waals surface area contributed by atoms with E-state index in [2.05, 4.69) is 28.0 Å². The van der Waals surface area contributed by atoms with Gasteiger partial charge in [0.05, 0.1) is 0 Å². The lowest BCUT2D eigenvalue weighted by Gasteiger charge is -2.40. The molecule has 0 amide bonds. The standard InChI is InChI=1S/C12H23N5O2S2/c1-5-16-6-7-17(8-9(16)2)12-10(11(13)14-20-12)21(18,19)15(3)4/h9H,5-8H2,1-4H3,(H2,13,14). The molecular formula is C12H23N5O2S2. The number of likely N-dealkylation sites (N-methyl/N-ethyl adjacent to an activating group) is 1. The predicted octanol–water partition coefficient (Wildman–Crippen LogP) is 0.506. The van der Waals surface area contributed by atoms with Crippen molar-refractivity contribution in [3.05, 3.63) is 0 Å². The summed E-state index contributed by atoms with van der Waals surface area (Å²) >= 11 is 1.16. The summed E-state index contributed by atoms with van der Waals surface area (Å²) in [5.41, 5.74) is 5.82. The fraction of sp³-hybridized carbons (Fsp3) is 0.750. The highest BCUT2D eigenvalue weighted by atomic mass is 32.2. The van der Waals surface area contributed by atoms with Gasteiger partial charge in [-0.05, 0) is 25.0 Å². The molecule has 0 radical (unpaired) electrons. The maximum absolute atomic E-state index is 12.5. The van der Waals surface area contributed by atoms with Crippen molar-refractivity contribution in [1.82, 2.24) is 13.6 Å². The summed E-state index contributed by atoms with van der Waals surface area (Å²) in [4.78, 5) is 4.61. The maximum Gasteiger partial charge on any atom is 0.249 e. The Balaban J connectivity index is 2.35. The van der Waals surface area contributed by atoms with E-state index in [1.54, 1.807) is 0 Å². The molecule has 120 valence electrons. The van der Waals surface area contributed by atoms with E-state index in [1.807, 2.05) is 0 Å². The van der Waals surface area contributed by atoms with Crippen LogP contribution in [0.3, 0.4) is 0 Å². The molecule has 1 aliphatic heterocycles. The molecule has 9 heteroatoms. The van der Waals surface area contributed by atoms with E-state index in [4.69, 9.17) is 5.73 Å². The third-order valence-electron chi connectivity index (χ3n) is 3.85. The molecule has 2 heterocycles. The van der Waals surface area contributed by atoms with Gasteiger partial charge in [-0.25, -0.2) is 12.7 Å². The van der Waals surface area contributed by atoms with Crippen LogP contribution in [0, 0.1) is 0 Å². The number of hydrogen-bond acceptors (Lipinski definition) is 7. The minimum Gasteiger partial charge on any atom is -0.382 e. The smallest absolute Gasteiger partial charge is 0.249 e. The minimum atomic E-state index is -3.58. The molecule has 1 atom stereocenters. The molecule has 1 aromatic rings. The number of piperazine rings is 1. The van der Waals surface area contributed by atoms with E-state index in [-0.39, 0.29) is 10.7 Å². The van der Waals surface area contributed by atoms with Crippen molar-refractivity contribution in [3.63, 3.8) is 0 Å². The minimum absolute atomic E-state index is 0.0919. The quantitative estimate of drug-likeness (QED) is 0.864. The van der Waals surface area contributed by atoms with Gasteiger partial charge in [0.2, 0.25) is 10.0 Å². The number of nitrogens with zero attached hydrogens (tertiary/aromatic N) is 4. The molecule has 21 heavy (non-hydrogen) atoms. The van der Waals surface area contributed by atoms with Gasteiger partial charge in [-0.15, -0.1) is 0 Å². The molecular weight excluding hydrogens is 310 g/mol. The summed E-state index contributed by atoms with van der Waals surface area (Å²) in [5.74, 6) is 0.0919. The average Bonchev–Trinajstić information content (AvgIpc) is 2.81. The number of sulfonamides is 1. The molecule has 1 aromatic heterocycles. The topological polar surface area (TPSA) is 82.8 Å². The number of anilines is 2. The van der Waals surface area contributed by atoms with Crippen LogP contribution in [0.5, 0.6) is 0 Å². The van der Waals surface area contributed by atoms with Gasteiger partial charge in [0, 0.05) is 39.8 Å². The van der Waals surface area contributed by atoms with Crippen LogP contribution in [-0.2, 0) is 10.0 Å². The van der Waals surface area contributed by atoms with Gasteiger partial charge in [0.1, 0.15) is 5.00 Å². The van der Waals surface area contributed by atoms with Crippen LogP contribution in [-0.4, -0.2) is 68.3 Å². The van der Waals surface area contributed by atoms with Gasteiger partial charge >= 0.3 is 0 Å². The van der Waals surface area contributed by atoms with Crippen LogP contribution >= 0.6 is 11.5 Å². The molecule has 2 rings (SSSR count). The number of nitrogen functional groups attached to an aromatic ring is 1. The van der Waals surface area contributed by atoms with Crippen LogP contribution in [0.15, 0.2) is 4.90 Å². The van der Waals surface area contributed by atoms with E-state index in [0.29, 0.717) is 11.0 Å². The first-order valence-corrected chi connectivity index (χ1v) is 9.17.